The van der Waals surface area contributed by atoms with Crippen LogP contribution in [0.4, 0.5) is 15.8 Å². The standard InChI is InChI=1S/C38H32FN3O4/c1-38(2)20-30-34(33(44)21-38)36(26-17-16-25(19-27(26)39)46-22-23-9-4-3-5-10-23)42(31-13-8-14-32(43)35(31)41-30)37(45)29-18-15-24-11-6-7-12-28(24)40-29/h3-19,36,41,43H,20-22H2,1-2H3. The number of aromatic nitrogens is 1. The molecule has 1 aliphatic carbocycles. The first-order valence-electron chi connectivity index (χ1n) is 15.2. The minimum atomic E-state index is -1.15. The summed E-state index contributed by atoms with van der Waals surface area (Å²) in [6, 6.07) is 28.6. The van der Waals surface area contributed by atoms with Gasteiger partial charge < -0.3 is 15.2 Å². The van der Waals surface area contributed by atoms with Crippen LogP contribution >= 0.6 is 0 Å². The number of fused-ring (bicyclic) bond motifs is 2. The minimum absolute atomic E-state index is 0.102. The lowest BCUT2D eigenvalue weighted by Gasteiger charge is -2.37. The Bertz CT molecular complexity index is 2040. The van der Waals surface area contributed by atoms with Gasteiger partial charge in [-0.1, -0.05) is 74.5 Å². The van der Waals surface area contributed by atoms with E-state index in [1.54, 1.807) is 30.3 Å². The smallest absolute Gasteiger partial charge is 0.277 e. The predicted molar refractivity (Wildman–Crippen MR) is 175 cm³/mol. The van der Waals surface area contributed by atoms with Gasteiger partial charge in [0.15, 0.2) is 5.78 Å². The molecule has 1 aromatic heterocycles. The monoisotopic (exact) mass is 613 g/mol. The van der Waals surface area contributed by atoms with Gasteiger partial charge >= 0.3 is 0 Å². The van der Waals surface area contributed by atoms with Crippen LogP contribution in [0.1, 0.15) is 54.3 Å². The van der Waals surface area contributed by atoms with Crippen molar-refractivity contribution < 1.29 is 23.8 Å². The molecule has 0 bridgehead atoms. The van der Waals surface area contributed by atoms with Crippen molar-refractivity contribution >= 4 is 34.0 Å². The number of hydrogen-bond donors (Lipinski definition) is 2. The quantitative estimate of drug-likeness (QED) is 0.195. The molecule has 2 N–H and O–H groups in total. The topological polar surface area (TPSA) is 91.8 Å². The zero-order chi connectivity index (χ0) is 32.0. The molecule has 8 heteroatoms. The van der Waals surface area contributed by atoms with E-state index in [1.807, 2.05) is 74.5 Å². The third-order valence-corrected chi connectivity index (χ3v) is 8.56. The minimum Gasteiger partial charge on any atom is -0.506 e. The zero-order valence-corrected chi connectivity index (χ0v) is 25.5. The fraction of sp³-hybridized carbons (Fsp3) is 0.184. The van der Waals surface area contributed by atoms with Crippen LogP contribution in [0.15, 0.2) is 114 Å². The zero-order valence-electron chi connectivity index (χ0n) is 25.5. The van der Waals surface area contributed by atoms with Gasteiger partial charge in [-0.25, -0.2) is 9.37 Å². The maximum atomic E-state index is 16.4. The number of carbonyl (C=O) groups is 2. The predicted octanol–water partition coefficient (Wildman–Crippen LogP) is 8.12. The molecule has 2 heterocycles. The van der Waals surface area contributed by atoms with E-state index in [0.717, 1.165) is 10.9 Å². The van der Waals surface area contributed by atoms with Crippen molar-refractivity contribution in [1.29, 1.82) is 0 Å². The number of nitrogens with zero attached hydrogens (tertiary/aromatic N) is 2. The molecule has 5 aromatic rings. The number of carbonyl (C=O) groups excluding carboxylic acids is 2. The van der Waals surface area contributed by atoms with Gasteiger partial charge in [0.05, 0.1) is 17.2 Å². The van der Waals surface area contributed by atoms with Crippen LogP contribution in [0.25, 0.3) is 10.9 Å². The summed E-state index contributed by atoms with van der Waals surface area (Å²) in [5.74, 6) is -1.17. The summed E-state index contributed by atoms with van der Waals surface area (Å²) in [5, 5.41) is 15.2. The number of amides is 1. The summed E-state index contributed by atoms with van der Waals surface area (Å²) in [4.78, 5) is 34.8. The molecule has 0 spiro atoms. The van der Waals surface area contributed by atoms with Crippen molar-refractivity contribution in [1.82, 2.24) is 4.98 Å². The first-order chi connectivity index (χ1) is 22.2. The highest BCUT2D eigenvalue weighted by molar-refractivity contribution is 6.12. The average molecular weight is 614 g/mol. The van der Waals surface area contributed by atoms with Crippen molar-refractivity contribution in [2.24, 2.45) is 5.41 Å². The Morgan fingerprint density at radius 1 is 0.978 bits per heavy atom. The summed E-state index contributed by atoms with van der Waals surface area (Å²) in [5.41, 5.74) is 2.78. The molecule has 230 valence electrons. The van der Waals surface area contributed by atoms with Crippen molar-refractivity contribution in [3.05, 3.63) is 137 Å². The number of hydrogen-bond acceptors (Lipinski definition) is 6. The van der Waals surface area contributed by atoms with Crippen molar-refractivity contribution in [2.45, 2.75) is 39.3 Å². The first-order valence-corrected chi connectivity index (χ1v) is 15.2. The lowest BCUT2D eigenvalue weighted by Crippen LogP contribution is -2.40. The average Bonchev–Trinajstić information content (AvgIpc) is 3.18. The van der Waals surface area contributed by atoms with E-state index in [2.05, 4.69) is 10.3 Å². The Morgan fingerprint density at radius 3 is 2.57 bits per heavy atom. The number of para-hydroxylation sites is 2. The van der Waals surface area contributed by atoms with E-state index in [-0.39, 0.29) is 47.1 Å². The van der Waals surface area contributed by atoms with E-state index in [0.29, 0.717) is 29.1 Å². The van der Waals surface area contributed by atoms with Gasteiger partial charge in [0, 0.05) is 34.7 Å². The summed E-state index contributed by atoms with van der Waals surface area (Å²) < 4.78 is 22.3. The van der Waals surface area contributed by atoms with Gasteiger partial charge in [0.2, 0.25) is 0 Å². The van der Waals surface area contributed by atoms with Crippen molar-refractivity contribution in [3.63, 3.8) is 0 Å². The van der Waals surface area contributed by atoms with E-state index < -0.39 is 23.2 Å². The molecule has 0 saturated heterocycles. The van der Waals surface area contributed by atoms with Crippen LogP contribution < -0.4 is 15.0 Å². The number of ketones is 1. The number of pyridine rings is 1. The summed E-state index contributed by atoms with van der Waals surface area (Å²) >= 11 is 0. The molecule has 1 atom stereocenters. The van der Waals surface area contributed by atoms with Crippen LogP contribution in [0, 0.1) is 11.2 Å². The van der Waals surface area contributed by atoms with Crippen LogP contribution in [-0.4, -0.2) is 21.8 Å². The van der Waals surface area contributed by atoms with Gasteiger partial charge in [-0.2, -0.15) is 0 Å². The number of aromatic hydroxyl groups is 1. The molecule has 2 aliphatic rings. The van der Waals surface area contributed by atoms with Crippen molar-refractivity contribution in [3.8, 4) is 11.5 Å². The number of Topliss-reactive ketones (excluding diaryl/α,β-unsaturated/α-hetero) is 1. The Morgan fingerprint density at radius 2 is 1.76 bits per heavy atom. The number of allylic oxidation sites excluding steroid dienone is 1. The number of anilines is 2. The fourth-order valence-corrected chi connectivity index (χ4v) is 6.43. The highest BCUT2D eigenvalue weighted by Gasteiger charge is 2.45. The number of nitrogens with one attached hydrogen (secondary N) is 1. The molecule has 0 fully saturated rings. The van der Waals surface area contributed by atoms with E-state index >= 15 is 4.39 Å². The first kappa shape index (κ1) is 29.2. The number of halogens is 1. The van der Waals surface area contributed by atoms with Gasteiger partial charge in [-0.3, -0.25) is 14.5 Å². The highest BCUT2D eigenvalue weighted by Crippen LogP contribution is 2.51. The number of ether oxygens (including phenoxy) is 1. The Balaban J connectivity index is 1.40. The number of rotatable bonds is 5. The second kappa shape index (κ2) is 11.5. The SMILES string of the molecule is CC1(C)CC(=O)C2=C(C1)Nc1c(O)cccc1N(C(=O)c1ccc3ccccc3n1)C2c1ccc(OCc2ccccc2)cc1F. The lowest BCUT2D eigenvalue weighted by molar-refractivity contribution is -0.118. The number of benzene rings is 4. The lowest BCUT2D eigenvalue weighted by atomic mass is 9.73. The van der Waals surface area contributed by atoms with Crippen LogP contribution in [0.2, 0.25) is 0 Å². The number of phenolic OH excluding ortho intramolecular Hbond substituents is 1. The molecule has 1 unspecified atom stereocenters. The van der Waals surface area contributed by atoms with E-state index in [9.17, 15) is 14.7 Å². The summed E-state index contributed by atoms with van der Waals surface area (Å²) in [7, 11) is 0. The Kier molecular flexibility index (Phi) is 7.28. The Labute approximate surface area is 266 Å². The second-order valence-corrected chi connectivity index (χ2v) is 12.6. The third-order valence-electron chi connectivity index (χ3n) is 8.56. The normalized spacial score (nSPS) is 17.2. The third kappa shape index (κ3) is 5.36. The van der Waals surface area contributed by atoms with Crippen LogP contribution in [-0.2, 0) is 11.4 Å². The fourth-order valence-electron chi connectivity index (χ4n) is 6.43. The molecular weight excluding hydrogens is 581 g/mol. The largest absolute Gasteiger partial charge is 0.506 e. The van der Waals surface area contributed by atoms with Gasteiger partial charge in [-0.05, 0) is 53.8 Å². The number of phenols is 1. The van der Waals surface area contributed by atoms with E-state index in [1.165, 1.54) is 17.0 Å². The summed E-state index contributed by atoms with van der Waals surface area (Å²) in [6.07, 6.45) is 0.664. The molecule has 7 rings (SSSR count). The molecule has 1 amide bonds. The molecule has 7 nitrogen and oxygen atoms in total. The second-order valence-electron chi connectivity index (χ2n) is 12.6. The molecule has 0 saturated carbocycles. The maximum absolute atomic E-state index is 16.4. The molecule has 0 radical (unpaired) electrons. The molecule has 46 heavy (non-hydrogen) atoms. The maximum Gasteiger partial charge on any atom is 0.277 e. The van der Waals surface area contributed by atoms with Crippen LogP contribution in [0.3, 0.4) is 0 Å². The van der Waals surface area contributed by atoms with Gasteiger partial charge in [-0.15, -0.1) is 0 Å². The molecule has 4 aromatic carbocycles. The highest BCUT2D eigenvalue weighted by atomic mass is 19.1. The van der Waals surface area contributed by atoms with Gasteiger partial charge in [0.25, 0.3) is 5.91 Å². The Hall–Kier alpha value is -5.50. The van der Waals surface area contributed by atoms with Crippen molar-refractivity contribution in [2.75, 3.05) is 10.2 Å². The van der Waals surface area contributed by atoms with Crippen LogP contribution in [0.5, 0.6) is 11.5 Å². The van der Waals surface area contributed by atoms with Gasteiger partial charge in [0.1, 0.15) is 35.3 Å². The molecular formula is C38H32FN3O4. The summed E-state index contributed by atoms with van der Waals surface area (Å²) in [6.45, 7) is 4.23. The molecule has 1 aliphatic heterocycles. The van der Waals surface area contributed by atoms with E-state index in [4.69, 9.17) is 4.74 Å².